The summed E-state index contributed by atoms with van der Waals surface area (Å²) in [5, 5.41) is 9.20. The minimum Gasteiger partial charge on any atom is -0.483 e. The van der Waals surface area contributed by atoms with Crippen molar-refractivity contribution < 1.29 is 19.1 Å². The molecule has 8 heteroatoms. The second kappa shape index (κ2) is 16.5. The van der Waals surface area contributed by atoms with E-state index >= 15 is 0 Å². The number of carbonyl (C=O) groups excluding carboxylic acids is 3. The largest absolute Gasteiger partial charge is 0.483 e. The third-order valence-corrected chi connectivity index (χ3v) is 8.07. The molecular formula is C38H46N4O4. The molecule has 2 atom stereocenters. The van der Waals surface area contributed by atoms with E-state index in [9.17, 15) is 14.4 Å². The Hall–Kier alpha value is -4.85. The van der Waals surface area contributed by atoms with Gasteiger partial charge in [-0.2, -0.15) is 0 Å². The topological polar surface area (TPSA) is 99.8 Å². The smallest absolute Gasteiger partial charge is 0.322 e. The minimum absolute atomic E-state index is 0.129. The molecule has 1 fully saturated rings. The van der Waals surface area contributed by atoms with Crippen molar-refractivity contribution in [1.82, 2.24) is 20.9 Å². The molecule has 3 aromatic rings. The van der Waals surface area contributed by atoms with Crippen LogP contribution in [-0.2, 0) is 22.4 Å². The van der Waals surface area contributed by atoms with Crippen LogP contribution in [0.2, 0.25) is 0 Å². The van der Waals surface area contributed by atoms with Crippen molar-refractivity contribution in [3.8, 4) is 5.75 Å². The summed E-state index contributed by atoms with van der Waals surface area (Å²) in [7, 11) is 0. The predicted octanol–water partition coefficient (Wildman–Crippen LogP) is 5.79. The van der Waals surface area contributed by atoms with Crippen LogP contribution >= 0.6 is 0 Å². The SMILES string of the molecule is C=C(C[C@H](Cc1ccccc1)NC(=O)C(=C(C)C)N1CCCNC1=O)[C@H](Cc1ccccc1)NC(=O)COc1c(C)cccc1C. The summed E-state index contributed by atoms with van der Waals surface area (Å²) in [6, 6.07) is 24.7. The Balaban J connectivity index is 1.54. The molecule has 1 aliphatic heterocycles. The molecule has 1 heterocycles. The molecule has 1 aliphatic rings. The number of para-hydroxylation sites is 1. The summed E-state index contributed by atoms with van der Waals surface area (Å²) in [5.74, 6) is 0.145. The summed E-state index contributed by atoms with van der Waals surface area (Å²) < 4.78 is 5.95. The van der Waals surface area contributed by atoms with Gasteiger partial charge in [0.05, 0.1) is 6.04 Å². The van der Waals surface area contributed by atoms with Gasteiger partial charge in [0.25, 0.3) is 11.8 Å². The standard InChI is InChI=1S/C38H46N4O4/c1-26(2)35(42-21-13-20-39-38(42)45)37(44)40-32(23-30-16-8-6-9-17-30)22-29(5)33(24-31-18-10-7-11-19-31)41-34(43)25-46-36-27(3)14-12-15-28(36)4/h6-12,14-19,32-33H,5,13,20-25H2,1-4H3,(H,39,45)(H,40,44)(H,41,43)/t32-,33+/m1/s1. The molecule has 8 nitrogen and oxygen atoms in total. The fourth-order valence-corrected chi connectivity index (χ4v) is 5.80. The third-order valence-electron chi connectivity index (χ3n) is 8.07. The van der Waals surface area contributed by atoms with Crippen molar-refractivity contribution in [2.75, 3.05) is 19.7 Å². The molecular weight excluding hydrogens is 576 g/mol. The van der Waals surface area contributed by atoms with Gasteiger partial charge in [-0.1, -0.05) is 91.0 Å². The van der Waals surface area contributed by atoms with Gasteiger partial charge >= 0.3 is 6.03 Å². The number of carbonyl (C=O) groups is 3. The molecule has 0 saturated carbocycles. The van der Waals surface area contributed by atoms with E-state index in [1.807, 2.05) is 107 Å². The molecule has 46 heavy (non-hydrogen) atoms. The Morgan fingerprint density at radius 1 is 0.891 bits per heavy atom. The van der Waals surface area contributed by atoms with E-state index in [-0.39, 0.29) is 30.5 Å². The maximum Gasteiger partial charge on any atom is 0.322 e. The number of rotatable bonds is 14. The molecule has 0 aromatic heterocycles. The maximum absolute atomic E-state index is 13.8. The first-order valence-corrected chi connectivity index (χ1v) is 15.9. The second-order valence-electron chi connectivity index (χ2n) is 12.1. The molecule has 0 spiro atoms. The first-order chi connectivity index (χ1) is 22.1. The number of hydrogen-bond acceptors (Lipinski definition) is 4. The van der Waals surface area contributed by atoms with E-state index in [1.54, 1.807) is 0 Å². The van der Waals surface area contributed by atoms with Gasteiger partial charge < -0.3 is 20.7 Å². The van der Waals surface area contributed by atoms with Crippen LogP contribution in [0.5, 0.6) is 5.75 Å². The number of amides is 4. The predicted molar refractivity (Wildman–Crippen MR) is 182 cm³/mol. The van der Waals surface area contributed by atoms with Crippen molar-refractivity contribution in [1.29, 1.82) is 0 Å². The van der Waals surface area contributed by atoms with Crippen LogP contribution in [0.15, 0.2) is 102 Å². The first kappa shape index (κ1) is 34.0. The van der Waals surface area contributed by atoms with E-state index < -0.39 is 6.04 Å². The van der Waals surface area contributed by atoms with Gasteiger partial charge in [0.15, 0.2) is 6.61 Å². The monoisotopic (exact) mass is 622 g/mol. The van der Waals surface area contributed by atoms with E-state index in [2.05, 4.69) is 22.5 Å². The number of nitrogens with zero attached hydrogens (tertiary/aromatic N) is 1. The first-order valence-electron chi connectivity index (χ1n) is 15.9. The third kappa shape index (κ3) is 9.57. The molecule has 3 N–H and O–H groups in total. The summed E-state index contributed by atoms with van der Waals surface area (Å²) >= 11 is 0. The van der Waals surface area contributed by atoms with Gasteiger partial charge in [0.2, 0.25) is 0 Å². The number of allylic oxidation sites excluding steroid dienone is 1. The highest BCUT2D eigenvalue weighted by molar-refractivity contribution is 5.98. The summed E-state index contributed by atoms with van der Waals surface area (Å²) in [6.07, 6.45) is 2.26. The van der Waals surface area contributed by atoms with Crippen LogP contribution in [0.1, 0.15) is 48.9 Å². The minimum atomic E-state index is -0.401. The van der Waals surface area contributed by atoms with Gasteiger partial charge in [0, 0.05) is 19.1 Å². The van der Waals surface area contributed by atoms with Gasteiger partial charge in [-0.3, -0.25) is 14.5 Å². The Kier molecular flexibility index (Phi) is 12.2. The number of aryl methyl sites for hydroxylation is 2. The summed E-state index contributed by atoms with van der Waals surface area (Å²) in [4.78, 5) is 41.3. The zero-order valence-electron chi connectivity index (χ0n) is 27.4. The Labute approximate surface area is 272 Å². The Morgan fingerprint density at radius 2 is 1.50 bits per heavy atom. The van der Waals surface area contributed by atoms with Crippen LogP contribution in [0.3, 0.4) is 0 Å². The number of urea groups is 1. The van der Waals surface area contributed by atoms with Crippen LogP contribution < -0.4 is 20.7 Å². The van der Waals surface area contributed by atoms with E-state index in [0.29, 0.717) is 43.8 Å². The fourth-order valence-electron chi connectivity index (χ4n) is 5.80. The van der Waals surface area contributed by atoms with Gasteiger partial charge in [0.1, 0.15) is 11.4 Å². The lowest BCUT2D eigenvalue weighted by atomic mass is 9.92. The van der Waals surface area contributed by atoms with Crippen molar-refractivity contribution >= 4 is 17.8 Å². The second-order valence-corrected chi connectivity index (χ2v) is 12.1. The molecule has 0 unspecified atom stereocenters. The van der Waals surface area contributed by atoms with E-state index in [1.165, 1.54) is 4.90 Å². The Morgan fingerprint density at radius 3 is 2.09 bits per heavy atom. The number of benzene rings is 3. The van der Waals surface area contributed by atoms with Crippen molar-refractivity contribution in [2.45, 2.75) is 65.5 Å². The molecule has 4 amide bonds. The molecule has 242 valence electrons. The highest BCUT2D eigenvalue weighted by Gasteiger charge is 2.29. The van der Waals surface area contributed by atoms with Crippen LogP contribution in [0, 0.1) is 13.8 Å². The van der Waals surface area contributed by atoms with Crippen molar-refractivity contribution in [3.63, 3.8) is 0 Å². The average Bonchev–Trinajstić information content (AvgIpc) is 3.02. The van der Waals surface area contributed by atoms with Crippen LogP contribution in [-0.4, -0.2) is 54.5 Å². The molecule has 0 radical (unpaired) electrons. The van der Waals surface area contributed by atoms with Gasteiger partial charge in [-0.15, -0.1) is 0 Å². The summed E-state index contributed by atoms with van der Waals surface area (Å²) in [6.45, 7) is 13.0. The van der Waals surface area contributed by atoms with Crippen molar-refractivity contribution in [3.05, 3.63) is 125 Å². The van der Waals surface area contributed by atoms with Crippen LogP contribution in [0.25, 0.3) is 0 Å². The fraction of sp³-hybridized carbons (Fsp3) is 0.342. The van der Waals surface area contributed by atoms with Gasteiger partial charge in [-0.25, -0.2) is 4.79 Å². The molecule has 1 saturated heterocycles. The molecule has 0 bridgehead atoms. The normalized spacial score (nSPS) is 14.0. The Bertz CT molecular complexity index is 1530. The maximum atomic E-state index is 13.8. The number of nitrogens with one attached hydrogen (secondary N) is 3. The zero-order valence-corrected chi connectivity index (χ0v) is 27.4. The highest BCUT2D eigenvalue weighted by Crippen LogP contribution is 2.23. The number of hydrogen-bond donors (Lipinski definition) is 3. The van der Waals surface area contributed by atoms with Gasteiger partial charge in [-0.05, 0) is 81.2 Å². The van der Waals surface area contributed by atoms with E-state index in [0.717, 1.165) is 39.8 Å². The average molecular weight is 623 g/mol. The molecule has 0 aliphatic carbocycles. The quantitative estimate of drug-likeness (QED) is 0.157. The highest BCUT2D eigenvalue weighted by atomic mass is 16.5. The lowest BCUT2D eigenvalue weighted by Gasteiger charge is -2.31. The lowest BCUT2D eigenvalue weighted by molar-refractivity contribution is -0.123. The number of ether oxygens (including phenoxy) is 1. The lowest BCUT2D eigenvalue weighted by Crippen LogP contribution is -2.50. The zero-order chi connectivity index (χ0) is 33.1. The van der Waals surface area contributed by atoms with Crippen molar-refractivity contribution in [2.24, 2.45) is 0 Å². The molecule has 3 aromatic carbocycles. The van der Waals surface area contributed by atoms with Crippen LogP contribution in [0.4, 0.5) is 4.79 Å². The van der Waals surface area contributed by atoms with E-state index in [4.69, 9.17) is 4.74 Å². The molecule has 4 rings (SSSR count). The summed E-state index contributed by atoms with van der Waals surface area (Å²) in [5.41, 5.74) is 5.94.